The second kappa shape index (κ2) is 8.51. The second-order valence-electron chi connectivity index (χ2n) is 5.90. The first-order chi connectivity index (χ1) is 13.1. The monoisotopic (exact) mass is 375 g/mol. The van der Waals surface area contributed by atoms with Gasteiger partial charge in [0.2, 0.25) is 0 Å². The highest BCUT2D eigenvalue weighted by atomic mass is 32.1. The lowest BCUT2D eigenvalue weighted by molar-refractivity contribution is 1.05. The van der Waals surface area contributed by atoms with Crippen LogP contribution < -0.4 is 5.32 Å². The van der Waals surface area contributed by atoms with Crippen molar-refractivity contribution in [2.75, 3.05) is 7.05 Å². The molecule has 0 bridgehead atoms. The first-order valence-corrected chi connectivity index (χ1v) is 9.35. The molecule has 0 atom stereocenters. The second-order valence-corrected chi connectivity index (χ2v) is 7.08. The van der Waals surface area contributed by atoms with Crippen molar-refractivity contribution in [2.45, 2.75) is 13.8 Å². The molecule has 0 aliphatic heterocycles. The summed E-state index contributed by atoms with van der Waals surface area (Å²) < 4.78 is 0. The predicted molar refractivity (Wildman–Crippen MR) is 115 cm³/mol. The highest BCUT2D eigenvalue weighted by Gasteiger charge is 2.07. The number of aliphatic imine (C=N–C) groups is 1. The van der Waals surface area contributed by atoms with Crippen molar-refractivity contribution in [1.82, 2.24) is 20.5 Å². The number of pyridine rings is 1. The van der Waals surface area contributed by atoms with Crippen LogP contribution in [0.25, 0.3) is 26.9 Å². The Morgan fingerprint density at radius 3 is 2.78 bits per heavy atom. The van der Waals surface area contributed by atoms with Crippen molar-refractivity contribution in [1.29, 1.82) is 0 Å². The Labute approximate surface area is 162 Å². The number of aryl methyl sites for hydroxylation is 1. The van der Waals surface area contributed by atoms with Crippen LogP contribution in [0.5, 0.6) is 0 Å². The number of hydrogen-bond donors (Lipinski definition) is 1. The van der Waals surface area contributed by atoms with Gasteiger partial charge in [0.1, 0.15) is 10.0 Å². The van der Waals surface area contributed by atoms with Gasteiger partial charge in [0.15, 0.2) is 0 Å². The summed E-state index contributed by atoms with van der Waals surface area (Å²) in [5.41, 5.74) is 3.59. The number of nitrogens with one attached hydrogen (secondary N) is 1. The highest BCUT2D eigenvalue weighted by molar-refractivity contribution is 7.14. The smallest absolute Gasteiger partial charge is 0.147 e. The van der Waals surface area contributed by atoms with E-state index in [1.165, 1.54) is 0 Å². The van der Waals surface area contributed by atoms with Gasteiger partial charge in [-0.3, -0.25) is 9.98 Å². The van der Waals surface area contributed by atoms with Crippen molar-refractivity contribution < 1.29 is 0 Å². The predicted octanol–water partition coefficient (Wildman–Crippen LogP) is 4.78. The van der Waals surface area contributed by atoms with E-state index in [1.54, 1.807) is 23.8 Å². The quantitative estimate of drug-likeness (QED) is 0.497. The van der Waals surface area contributed by atoms with Crippen molar-refractivity contribution in [3.05, 3.63) is 71.8 Å². The number of rotatable bonds is 6. The van der Waals surface area contributed by atoms with Gasteiger partial charge in [-0.15, -0.1) is 10.2 Å². The minimum Gasteiger partial charge on any atom is -0.387 e. The minimum atomic E-state index is 0.745. The molecule has 0 fully saturated rings. The molecule has 3 rings (SSSR count). The molecule has 0 radical (unpaired) electrons. The summed E-state index contributed by atoms with van der Waals surface area (Å²) in [4.78, 5) is 8.92. The van der Waals surface area contributed by atoms with Crippen molar-refractivity contribution in [2.24, 2.45) is 4.99 Å². The van der Waals surface area contributed by atoms with E-state index in [-0.39, 0.29) is 0 Å². The maximum atomic E-state index is 4.59. The normalized spacial score (nSPS) is 12.3. The van der Waals surface area contributed by atoms with Crippen molar-refractivity contribution in [3.8, 4) is 10.6 Å². The Morgan fingerprint density at radius 1 is 1.22 bits per heavy atom. The summed E-state index contributed by atoms with van der Waals surface area (Å²) in [6, 6.07) is 8.31. The fourth-order valence-electron chi connectivity index (χ4n) is 2.49. The average molecular weight is 376 g/mol. The van der Waals surface area contributed by atoms with Crippen LogP contribution in [-0.4, -0.2) is 28.4 Å². The summed E-state index contributed by atoms with van der Waals surface area (Å²) >= 11 is 1.59. The molecule has 2 aromatic heterocycles. The van der Waals surface area contributed by atoms with Gasteiger partial charge in [-0.2, -0.15) is 0 Å². The number of fused-ring (bicyclic) bond motifs is 1. The highest BCUT2D eigenvalue weighted by Crippen LogP contribution is 2.28. The van der Waals surface area contributed by atoms with Gasteiger partial charge in [-0.25, -0.2) is 0 Å². The van der Waals surface area contributed by atoms with Crippen LogP contribution in [0.4, 0.5) is 0 Å². The molecule has 6 heteroatoms. The molecule has 0 aliphatic carbocycles. The molecule has 0 saturated heterocycles. The van der Waals surface area contributed by atoms with Crippen LogP contribution in [0.2, 0.25) is 0 Å². The number of allylic oxidation sites excluding steroid dienone is 4. The fraction of sp³-hybridized carbons (Fsp3) is 0.143. The van der Waals surface area contributed by atoms with Gasteiger partial charge in [0.05, 0.1) is 5.69 Å². The average Bonchev–Trinajstić information content (AvgIpc) is 3.12. The first kappa shape index (κ1) is 18.7. The zero-order valence-electron chi connectivity index (χ0n) is 15.6. The molecule has 27 heavy (non-hydrogen) atoms. The van der Waals surface area contributed by atoms with Crippen LogP contribution >= 0.6 is 11.3 Å². The first-order valence-electron chi connectivity index (χ1n) is 8.54. The van der Waals surface area contributed by atoms with Gasteiger partial charge in [-0.05, 0) is 31.4 Å². The van der Waals surface area contributed by atoms with Gasteiger partial charge in [-0.1, -0.05) is 42.2 Å². The zero-order valence-corrected chi connectivity index (χ0v) is 16.4. The van der Waals surface area contributed by atoms with E-state index in [9.17, 15) is 0 Å². The van der Waals surface area contributed by atoms with E-state index >= 15 is 0 Å². The Hall–Kier alpha value is -3.12. The molecule has 0 aliphatic rings. The zero-order chi connectivity index (χ0) is 19.2. The van der Waals surface area contributed by atoms with E-state index in [1.807, 2.05) is 39.2 Å². The lowest BCUT2D eigenvalue weighted by Crippen LogP contribution is -2.04. The minimum absolute atomic E-state index is 0.745. The summed E-state index contributed by atoms with van der Waals surface area (Å²) in [6.07, 6.45) is 9.31. The van der Waals surface area contributed by atoms with Gasteiger partial charge >= 0.3 is 0 Å². The molecular formula is C21H21N5S. The third kappa shape index (κ3) is 4.54. The molecule has 1 N–H and O–H groups in total. The van der Waals surface area contributed by atoms with Crippen LogP contribution in [-0.2, 0) is 0 Å². The SMILES string of the molecule is C=C(C=N/C=C(\C=C/C)c1cc2cc(-c3nnc(C)s3)ccc2cn1)NC. The number of hydrogen-bond acceptors (Lipinski definition) is 6. The number of nitrogens with zero attached hydrogens (tertiary/aromatic N) is 4. The Kier molecular flexibility index (Phi) is 5.88. The summed E-state index contributed by atoms with van der Waals surface area (Å²) in [5, 5.41) is 15.4. The van der Waals surface area contributed by atoms with E-state index in [0.717, 1.165) is 43.3 Å². The van der Waals surface area contributed by atoms with Crippen LogP contribution in [0, 0.1) is 6.92 Å². The van der Waals surface area contributed by atoms with Crippen molar-refractivity contribution in [3.63, 3.8) is 0 Å². The molecule has 2 heterocycles. The fourth-order valence-corrected chi connectivity index (χ4v) is 3.18. The maximum Gasteiger partial charge on any atom is 0.147 e. The largest absolute Gasteiger partial charge is 0.387 e. The summed E-state index contributed by atoms with van der Waals surface area (Å²) in [6.45, 7) is 7.77. The topological polar surface area (TPSA) is 63.1 Å². The molecular weight excluding hydrogens is 354 g/mol. The third-order valence-corrected chi connectivity index (χ3v) is 4.79. The third-order valence-electron chi connectivity index (χ3n) is 3.90. The molecule has 136 valence electrons. The van der Waals surface area contributed by atoms with E-state index in [4.69, 9.17) is 0 Å². The van der Waals surface area contributed by atoms with Crippen LogP contribution in [0.3, 0.4) is 0 Å². The number of aromatic nitrogens is 3. The van der Waals surface area contributed by atoms with Crippen molar-refractivity contribution >= 4 is 33.9 Å². The van der Waals surface area contributed by atoms with Gasteiger partial charge < -0.3 is 5.32 Å². The molecule has 3 aromatic rings. The van der Waals surface area contributed by atoms with E-state index in [2.05, 4.69) is 56.3 Å². The Bertz CT molecular complexity index is 1060. The lowest BCUT2D eigenvalue weighted by atomic mass is 10.1. The summed E-state index contributed by atoms with van der Waals surface area (Å²) in [5.74, 6) is 0. The lowest BCUT2D eigenvalue weighted by Gasteiger charge is -2.05. The molecule has 5 nitrogen and oxygen atoms in total. The number of benzene rings is 1. The standard InChI is InChI=1S/C21H21N5S/c1-5-6-18(12-23-11-14(2)22-4)20-10-19-9-16(7-8-17(19)13-24-20)21-26-25-15(3)27-21/h5-13,22H,2H2,1,3-4H3/b6-5-,18-12+,23-11?. The Balaban J connectivity index is 2.01. The molecule has 0 unspecified atom stereocenters. The van der Waals surface area contributed by atoms with Crippen LogP contribution in [0.1, 0.15) is 17.6 Å². The Morgan fingerprint density at radius 2 is 2.07 bits per heavy atom. The van der Waals surface area contributed by atoms with E-state index in [0.29, 0.717) is 0 Å². The van der Waals surface area contributed by atoms with E-state index < -0.39 is 0 Å². The maximum absolute atomic E-state index is 4.59. The summed E-state index contributed by atoms with van der Waals surface area (Å²) in [7, 11) is 1.81. The van der Waals surface area contributed by atoms with Gasteiger partial charge in [0, 0.05) is 47.9 Å². The molecule has 1 aromatic carbocycles. The van der Waals surface area contributed by atoms with Crippen LogP contribution in [0.15, 0.2) is 66.1 Å². The molecule has 0 amide bonds. The van der Waals surface area contributed by atoms with Gasteiger partial charge in [0.25, 0.3) is 0 Å². The molecule has 0 saturated carbocycles. The molecule has 0 spiro atoms.